The average molecular weight is 512 g/mol. The molecule has 6 nitrogen and oxygen atoms in total. The van der Waals surface area contributed by atoms with Gasteiger partial charge in [-0.15, -0.1) is 24.0 Å². The van der Waals surface area contributed by atoms with Crippen molar-refractivity contribution in [1.29, 1.82) is 5.26 Å². The van der Waals surface area contributed by atoms with Crippen LogP contribution in [0.3, 0.4) is 0 Å². The molecule has 0 aliphatic rings. The molecule has 2 aromatic rings. The lowest BCUT2D eigenvalue weighted by molar-refractivity contribution is 0.172. The zero-order valence-electron chi connectivity index (χ0n) is 16.6. The first-order valence-corrected chi connectivity index (χ1v) is 9.12. The third-order valence-electron chi connectivity index (χ3n) is 3.78. The molecule has 0 bridgehead atoms. The number of hydrogen-bond acceptors (Lipinski definition) is 4. The van der Waals surface area contributed by atoms with Crippen LogP contribution in [0.5, 0.6) is 5.75 Å². The molecule has 0 saturated heterocycles. The van der Waals surface area contributed by atoms with Gasteiger partial charge >= 0.3 is 0 Å². The number of nitrogens with zero attached hydrogens (tertiary/aromatic N) is 2. The number of halogens is 2. The fraction of sp³-hybridized carbons (Fsp3) is 0.333. The number of methoxy groups -OCH3 is 1. The van der Waals surface area contributed by atoms with Crippen LogP contribution in [0.25, 0.3) is 0 Å². The molecule has 2 N–H and O–H groups in total. The fourth-order valence-electron chi connectivity index (χ4n) is 2.43. The molecule has 0 aliphatic heterocycles. The van der Waals surface area contributed by atoms with Crippen LogP contribution in [0, 0.1) is 17.1 Å². The van der Waals surface area contributed by atoms with Gasteiger partial charge in [-0.25, -0.2) is 9.38 Å². The van der Waals surface area contributed by atoms with Gasteiger partial charge in [0.15, 0.2) is 5.96 Å². The highest BCUT2D eigenvalue weighted by Crippen LogP contribution is 2.18. The topological polar surface area (TPSA) is 78.7 Å². The summed E-state index contributed by atoms with van der Waals surface area (Å²) in [6, 6.07) is 13.8. The van der Waals surface area contributed by atoms with E-state index < -0.39 is 0 Å². The van der Waals surface area contributed by atoms with Gasteiger partial charge in [0.2, 0.25) is 0 Å². The number of aliphatic imine (C=N–C) groups is 1. The zero-order chi connectivity index (χ0) is 20.2. The first kappa shape index (κ1) is 24.7. The van der Waals surface area contributed by atoms with Crippen LogP contribution in [0.15, 0.2) is 47.5 Å². The van der Waals surface area contributed by atoms with Crippen LogP contribution >= 0.6 is 24.0 Å². The van der Waals surface area contributed by atoms with Crippen molar-refractivity contribution in [3.05, 3.63) is 59.4 Å². The number of benzene rings is 2. The van der Waals surface area contributed by atoms with Crippen LogP contribution in [-0.2, 0) is 11.3 Å². The SMILES string of the molecule is CCNC(=NCc1cc(C#N)ccc1F)Nc1cccc(OCCCOC)c1.I. The standard InChI is InChI=1S/C21H25FN4O2.HI/c1-3-24-21(25-15-17-12-16(14-23)8-9-20(17)22)26-18-6-4-7-19(13-18)28-11-5-10-27-2;/h4,6-9,12-13H,3,5,10-11,15H2,1-2H3,(H2,24,25,26);1H. The molecule has 0 fully saturated rings. The molecule has 0 heterocycles. The Kier molecular flexibility index (Phi) is 11.7. The minimum Gasteiger partial charge on any atom is -0.493 e. The molecule has 0 aromatic heterocycles. The molecule has 8 heteroatoms. The predicted octanol–water partition coefficient (Wildman–Crippen LogP) is 4.31. The third kappa shape index (κ3) is 8.66. The Balaban J connectivity index is 0.00000420. The third-order valence-corrected chi connectivity index (χ3v) is 3.78. The van der Waals surface area contributed by atoms with E-state index in [1.54, 1.807) is 7.11 Å². The maximum atomic E-state index is 14.0. The van der Waals surface area contributed by atoms with E-state index in [2.05, 4.69) is 15.6 Å². The Morgan fingerprint density at radius 1 is 1.21 bits per heavy atom. The maximum Gasteiger partial charge on any atom is 0.196 e. The van der Waals surface area contributed by atoms with Crippen molar-refractivity contribution in [2.24, 2.45) is 4.99 Å². The summed E-state index contributed by atoms with van der Waals surface area (Å²) in [5.74, 6) is 0.871. The van der Waals surface area contributed by atoms with E-state index in [1.807, 2.05) is 37.3 Å². The first-order valence-electron chi connectivity index (χ1n) is 9.12. The van der Waals surface area contributed by atoms with Gasteiger partial charge in [-0.2, -0.15) is 5.26 Å². The van der Waals surface area contributed by atoms with E-state index in [4.69, 9.17) is 14.7 Å². The van der Waals surface area contributed by atoms with Gasteiger partial charge in [-0.05, 0) is 37.3 Å². The molecule has 2 rings (SSSR count). The van der Waals surface area contributed by atoms with E-state index in [9.17, 15) is 4.39 Å². The lowest BCUT2D eigenvalue weighted by atomic mass is 10.1. The van der Waals surface area contributed by atoms with Gasteiger partial charge in [-0.1, -0.05) is 6.07 Å². The Morgan fingerprint density at radius 3 is 2.76 bits per heavy atom. The summed E-state index contributed by atoms with van der Waals surface area (Å²) in [6.07, 6.45) is 0.811. The van der Waals surface area contributed by atoms with Crippen LogP contribution < -0.4 is 15.4 Å². The summed E-state index contributed by atoms with van der Waals surface area (Å²) in [6.45, 7) is 3.94. The van der Waals surface area contributed by atoms with Gasteiger partial charge in [-0.3, -0.25) is 0 Å². The van der Waals surface area contributed by atoms with Crippen molar-refractivity contribution in [3.8, 4) is 11.8 Å². The van der Waals surface area contributed by atoms with Crippen LogP contribution in [0.4, 0.5) is 10.1 Å². The summed E-state index contributed by atoms with van der Waals surface area (Å²) in [4.78, 5) is 4.42. The lowest BCUT2D eigenvalue weighted by Gasteiger charge is -2.13. The van der Waals surface area contributed by atoms with Crippen molar-refractivity contribution in [2.45, 2.75) is 19.9 Å². The van der Waals surface area contributed by atoms with Crippen molar-refractivity contribution in [3.63, 3.8) is 0 Å². The molecule has 0 radical (unpaired) electrons. The number of hydrogen-bond donors (Lipinski definition) is 2. The molecule has 2 aromatic carbocycles. The molecule has 29 heavy (non-hydrogen) atoms. The van der Waals surface area contributed by atoms with Gasteiger partial charge in [0, 0.05) is 44.0 Å². The number of anilines is 1. The van der Waals surface area contributed by atoms with Crippen molar-refractivity contribution < 1.29 is 13.9 Å². The largest absolute Gasteiger partial charge is 0.493 e. The number of nitrogens with one attached hydrogen (secondary N) is 2. The molecular weight excluding hydrogens is 486 g/mol. The van der Waals surface area contributed by atoms with E-state index in [-0.39, 0.29) is 36.3 Å². The number of nitriles is 1. The second-order valence-electron chi connectivity index (χ2n) is 5.96. The smallest absolute Gasteiger partial charge is 0.196 e. The summed E-state index contributed by atoms with van der Waals surface area (Å²) < 4.78 is 24.7. The minimum atomic E-state index is -0.384. The number of guanidine groups is 1. The second-order valence-corrected chi connectivity index (χ2v) is 5.96. The first-order chi connectivity index (χ1) is 13.7. The van der Waals surface area contributed by atoms with Gasteiger partial charge in [0.25, 0.3) is 0 Å². The highest BCUT2D eigenvalue weighted by Gasteiger charge is 2.05. The minimum absolute atomic E-state index is 0. The summed E-state index contributed by atoms with van der Waals surface area (Å²) in [5, 5.41) is 15.3. The average Bonchev–Trinajstić information content (AvgIpc) is 2.71. The molecular formula is C21H26FIN4O2. The van der Waals surface area contributed by atoms with Crippen molar-refractivity contribution in [2.75, 3.05) is 32.2 Å². The maximum absolute atomic E-state index is 14.0. The summed E-state index contributed by atoms with van der Waals surface area (Å²) >= 11 is 0. The Morgan fingerprint density at radius 2 is 2.03 bits per heavy atom. The van der Waals surface area contributed by atoms with Crippen LogP contribution in [-0.4, -0.2) is 32.8 Å². The van der Waals surface area contributed by atoms with Gasteiger partial charge < -0.3 is 20.1 Å². The van der Waals surface area contributed by atoms with Gasteiger partial charge in [0.05, 0.1) is 24.8 Å². The molecule has 0 saturated carbocycles. The monoisotopic (exact) mass is 512 g/mol. The normalized spacial score (nSPS) is 10.6. The molecule has 0 unspecified atom stereocenters. The number of rotatable bonds is 9. The number of ether oxygens (including phenoxy) is 2. The molecule has 0 amide bonds. The Bertz CT molecular complexity index is 840. The second kappa shape index (κ2) is 13.7. The quantitative estimate of drug-likeness (QED) is 0.227. The molecule has 0 aliphatic carbocycles. The highest BCUT2D eigenvalue weighted by molar-refractivity contribution is 14.0. The summed E-state index contributed by atoms with van der Waals surface area (Å²) in [7, 11) is 1.66. The molecule has 0 spiro atoms. The van der Waals surface area contributed by atoms with Crippen molar-refractivity contribution >= 4 is 35.6 Å². The van der Waals surface area contributed by atoms with E-state index in [0.29, 0.717) is 36.8 Å². The van der Waals surface area contributed by atoms with Gasteiger partial charge in [0.1, 0.15) is 11.6 Å². The van der Waals surface area contributed by atoms with Crippen molar-refractivity contribution in [1.82, 2.24) is 5.32 Å². The Labute approximate surface area is 188 Å². The lowest BCUT2D eigenvalue weighted by Crippen LogP contribution is -2.30. The van der Waals surface area contributed by atoms with Crippen LogP contribution in [0.1, 0.15) is 24.5 Å². The van der Waals surface area contributed by atoms with Crippen LogP contribution in [0.2, 0.25) is 0 Å². The highest BCUT2D eigenvalue weighted by atomic mass is 127. The molecule has 0 atom stereocenters. The van der Waals surface area contributed by atoms with E-state index >= 15 is 0 Å². The fourth-order valence-corrected chi connectivity index (χ4v) is 2.43. The predicted molar refractivity (Wildman–Crippen MR) is 123 cm³/mol. The zero-order valence-corrected chi connectivity index (χ0v) is 18.9. The summed E-state index contributed by atoms with van der Waals surface area (Å²) in [5.41, 5.74) is 1.57. The Hall–Kier alpha value is -2.38. The van der Waals surface area contributed by atoms with E-state index in [1.165, 1.54) is 18.2 Å². The molecule has 156 valence electrons. The van der Waals surface area contributed by atoms with E-state index in [0.717, 1.165) is 17.9 Å².